The highest BCUT2D eigenvalue weighted by molar-refractivity contribution is 7.92. The Morgan fingerprint density at radius 3 is 2.62 bits per heavy atom. The lowest BCUT2D eigenvalue weighted by Crippen LogP contribution is -2.17. The van der Waals surface area contributed by atoms with Gasteiger partial charge in [0, 0.05) is 10.5 Å². The highest BCUT2D eigenvalue weighted by atomic mass is 32.2. The van der Waals surface area contributed by atoms with Crippen molar-refractivity contribution in [3.63, 3.8) is 0 Å². The first-order valence-electron chi connectivity index (χ1n) is 5.64. The maximum atomic E-state index is 11.4. The number of esters is 1. The van der Waals surface area contributed by atoms with Gasteiger partial charge in [0.15, 0.2) is 0 Å². The molecule has 0 amide bonds. The molecule has 9 nitrogen and oxygen atoms in total. The number of methoxy groups -OCH3 is 1. The number of aliphatic hydroxyl groups excluding tert-OH is 1. The molecule has 1 aromatic rings. The summed E-state index contributed by atoms with van der Waals surface area (Å²) in [6, 6.07) is 3.65. The Bertz CT molecular complexity index is 657. The highest BCUT2D eigenvalue weighted by Gasteiger charge is 2.21. The molecule has 1 rings (SSSR count). The van der Waals surface area contributed by atoms with Crippen molar-refractivity contribution in [1.82, 2.24) is 0 Å². The van der Waals surface area contributed by atoms with Gasteiger partial charge in [-0.25, -0.2) is 13.2 Å². The zero-order valence-electron chi connectivity index (χ0n) is 11.3. The molecule has 0 bridgehead atoms. The van der Waals surface area contributed by atoms with E-state index >= 15 is 0 Å². The summed E-state index contributed by atoms with van der Waals surface area (Å²) < 4.78 is 29.1. The van der Waals surface area contributed by atoms with Gasteiger partial charge in [0.25, 0.3) is 0 Å². The fourth-order valence-corrected chi connectivity index (χ4v) is 2.20. The molecular formula is C11H14N2O7S. The Kier molecular flexibility index (Phi) is 5.22. The number of ether oxygens (including phenoxy) is 1. The second-order valence-corrected chi connectivity index (χ2v) is 5.95. The van der Waals surface area contributed by atoms with E-state index in [-0.39, 0.29) is 16.8 Å². The Morgan fingerprint density at radius 2 is 2.14 bits per heavy atom. The fourth-order valence-electron chi connectivity index (χ4n) is 1.62. The Morgan fingerprint density at radius 1 is 1.52 bits per heavy atom. The van der Waals surface area contributed by atoms with Gasteiger partial charge < -0.3 is 9.84 Å². The predicted octanol–water partition coefficient (Wildman–Crippen LogP) is 0.155. The van der Waals surface area contributed by atoms with E-state index in [1.54, 1.807) is 0 Å². The molecule has 116 valence electrons. The predicted molar refractivity (Wildman–Crippen MR) is 73.1 cm³/mol. The summed E-state index contributed by atoms with van der Waals surface area (Å²) in [5, 5.41) is 20.3. The van der Waals surface area contributed by atoms with Crippen molar-refractivity contribution < 1.29 is 28.0 Å². The van der Waals surface area contributed by atoms with E-state index in [1.165, 1.54) is 12.1 Å². The highest BCUT2D eigenvalue weighted by Crippen LogP contribution is 2.26. The average molecular weight is 318 g/mol. The number of nitrogens with zero attached hydrogens (tertiary/aromatic N) is 1. The lowest BCUT2D eigenvalue weighted by atomic mass is 10.0. The standard InChI is InChI=1S/C11H14N2O7S/c1-20-11(15)7-3-4-9(12-21(2,18)19)8(5-7)10(14)6-13(16)17/h3-5,10,12,14H,6H2,1-2H3/t10-/m0/s1. The van der Waals surface area contributed by atoms with Gasteiger partial charge in [-0.1, -0.05) is 0 Å². The largest absolute Gasteiger partial charge is 0.465 e. The van der Waals surface area contributed by atoms with Gasteiger partial charge in [0.05, 0.1) is 24.6 Å². The van der Waals surface area contributed by atoms with Crippen molar-refractivity contribution in [2.24, 2.45) is 0 Å². The number of nitrogens with one attached hydrogen (secondary N) is 1. The maximum absolute atomic E-state index is 11.4. The molecule has 1 atom stereocenters. The van der Waals surface area contributed by atoms with Gasteiger partial charge in [-0.3, -0.25) is 14.8 Å². The normalized spacial score (nSPS) is 12.5. The minimum absolute atomic E-state index is 0.0361. The number of carbonyl (C=O) groups excluding carboxylic acids is 1. The fraction of sp³-hybridized carbons (Fsp3) is 0.364. The molecule has 0 heterocycles. The number of benzene rings is 1. The topological polar surface area (TPSA) is 136 Å². The van der Waals surface area contributed by atoms with E-state index < -0.39 is 33.6 Å². The van der Waals surface area contributed by atoms with Crippen LogP contribution < -0.4 is 4.72 Å². The van der Waals surface area contributed by atoms with Gasteiger partial charge in [0.2, 0.25) is 16.6 Å². The smallest absolute Gasteiger partial charge is 0.337 e. The van der Waals surface area contributed by atoms with Gasteiger partial charge >= 0.3 is 5.97 Å². The van der Waals surface area contributed by atoms with Crippen LogP contribution in [-0.2, 0) is 14.8 Å². The SMILES string of the molecule is COC(=O)c1ccc(NS(C)(=O)=O)c([C@@H](O)C[N+](=O)[O-])c1. The van der Waals surface area contributed by atoms with Crippen molar-refractivity contribution in [2.45, 2.75) is 6.10 Å². The molecule has 0 aliphatic heterocycles. The van der Waals surface area contributed by atoms with Gasteiger partial charge in [-0.2, -0.15) is 0 Å². The lowest BCUT2D eigenvalue weighted by molar-refractivity contribution is -0.491. The van der Waals surface area contributed by atoms with E-state index in [1.807, 2.05) is 0 Å². The van der Waals surface area contributed by atoms with E-state index in [9.17, 15) is 28.4 Å². The van der Waals surface area contributed by atoms with Gasteiger partial charge in [-0.05, 0) is 18.2 Å². The summed E-state index contributed by atoms with van der Waals surface area (Å²) in [7, 11) is -2.50. The minimum atomic E-state index is -3.65. The van der Waals surface area contributed by atoms with E-state index in [0.29, 0.717) is 0 Å². The number of aliphatic hydroxyl groups is 1. The van der Waals surface area contributed by atoms with Crippen LogP contribution >= 0.6 is 0 Å². The van der Waals surface area contributed by atoms with Crippen molar-refractivity contribution in [2.75, 3.05) is 24.6 Å². The zero-order valence-corrected chi connectivity index (χ0v) is 12.1. The van der Waals surface area contributed by atoms with Crippen molar-refractivity contribution >= 4 is 21.7 Å². The first-order valence-corrected chi connectivity index (χ1v) is 7.53. The quantitative estimate of drug-likeness (QED) is 0.433. The summed E-state index contributed by atoms with van der Waals surface area (Å²) in [5.74, 6) is -0.713. The van der Waals surface area contributed by atoms with Crippen LogP contribution in [0.5, 0.6) is 0 Å². The number of rotatable bonds is 6. The molecule has 0 aromatic heterocycles. The molecule has 0 radical (unpaired) electrons. The summed E-state index contributed by atoms with van der Waals surface area (Å²) in [6.45, 7) is -0.830. The molecule has 1 aromatic carbocycles. The van der Waals surface area contributed by atoms with Crippen LogP contribution in [0.15, 0.2) is 18.2 Å². The van der Waals surface area contributed by atoms with E-state index in [2.05, 4.69) is 9.46 Å². The molecule has 21 heavy (non-hydrogen) atoms. The Hall–Kier alpha value is -2.20. The monoisotopic (exact) mass is 318 g/mol. The van der Waals surface area contributed by atoms with Crippen molar-refractivity contribution in [1.29, 1.82) is 0 Å². The lowest BCUT2D eigenvalue weighted by Gasteiger charge is -2.14. The van der Waals surface area contributed by atoms with Crippen LogP contribution in [0.3, 0.4) is 0 Å². The van der Waals surface area contributed by atoms with Crippen molar-refractivity contribution in [3.8, 4) is 0 Å². The third-order valence-electron chi connectivity index (χ3n) is 2.45. The summed E-state index contributed by atoms with van der Waals surface area (Å²) in [5.41, 5.74) is -0.0894. The second-order valence-electron chi connectivity index (χ2n) is 4.20. The van der Waals surface area contributed by atoms with Crippen molar-refractivity contribution in [3.05, 3.63) is 39.4 Å². The molecule has 0 fully saturated rings. The minimum Gasteiger partial charge on any atom is -0.465 e. The number of hydrogen-bond donors (Lipinski definition) is 2. The number of sulfonamides is 1. The summed E-state index contributed by atoms with van der Waals surface area (Å²) in [4.78, 5) is 21.2. The number of anilines is 1. The van der Waals surface area contributed by atoms with Crippen LogP contribution in [0.4, 0.5) is 5.69 Å². The molecule has 0 unspecified atom stereocenters. The first-order chi connectivity index (χ1) is 9.64. The summed E-state index contributed by atoms with van der Waals surface area (Å²) in [6.07, 6.45) is -0.681. The molecule has 2 N–H and O–H groups in total. The number of hydrogen-bond acceptors (Lipinski definition) is 7. The van der Waals surface area contributed by atoms with Gasteiger partial charge in [-0.15, -0.1) is 0 Å². The molecule has 10 heteroatoms. The number of nitro groups is 1. The van der Waals surface area contributed by atoms with Crippen LogP contribution in [0.2, 0.25) is 0 Å². The van der Waals surface area contributed by atoms with Crippen LogP contribution in [0.1, 0.15) is 22.0 Å². The van der Waals surface area contributed by atoms with Crippen LogP contribution in [-0.4, -0.2) is 44.3 Å². The first kappa shape index (κ1) is 16.9. The molecule has 0 saturated carbocycles. The van der Waals surface area contributed by atoms with Crippen LogP contribution in [0.25, 0.3) is 0 Å². The Balaban J connectivity index is 3.30. The van der Waals surface area contributed by atoms with E-state index in [0.717, 1.165) is 19.4 Å². The average Bonchev–Trinajstić information content (AvgIpc) is 2.35. The third-order valence-corrected chi connectivity index (χ3v) is 3.04. The molecule has 0 saturated heterocycles. The van der Waals surface area contributed by atoms with E-state index in [4.69, 9.17) is 0 Å². The second kappa shape index (κ2) is 6.50. The molecule has 0 aliphatic carbocycles. The van der Waals surface area contributed by atoms with Crippen LogP contribution in [0, 0.1) is 10.1 Å². The van der Waals surface area contributed by atoms with Gasteiger partial charge in [0.1, 0.15) is 6.10 Å². The summed E-state index contributed by atoms with van der Waals surface area (Å²) >= 11 is 0. The zero-order chi connectivity index (χ0) is 16.2. The maximum Gasteiger partial charge on any atom is 0.337 e. The third kappa shape index (κ3) is 5.00. The molecule has 0 aliphatic rings. The molecular weight excluding hydrogens is 304 g/mol. The Labute approximate surface area is 120 Å². The molecule has 0 spiro atoms. The number of carbonyl (C=O) groups is 1.